The van der Waals surface area contributed by atoms with Crippen molar-refractivity contribution in [1.29, 1.82) is 0 Å². The first kappa shape index (κ1) is 28.1. The van der Waals surface area contributed by atoms with E-state index in [0.29, 0.717) is 6.10 Å². The molecular weight excluding hydrogens is 535 g/mol. The Morgan fingerprint density at radius 1 is 1.09 bits per heavy atom. The van der Waals surface area contributed by atoms with Crippen LogP contribution in [0.3, 0.4) is 0 Å². The van der Waals surface area contributed by atoms with Gasteiger partial charge in [-0.1, -0.05) is 12.1 Å². The number of aliphatic imine (C=N–C) groups is 1. The first-order valence-electron chi connectivity index (χ1n) is 11.8. The molecule has 3 rings (SSSR count). The molecule has 1 aromatic rings. The minimum Gasteiger partial charge on any atom is -0.497 e. The number of morpholine rings is 1. The van der Waals surface area contributed by atoms with Crippen molar-refractivity contribution in [2.45, 2.75) is 31.4 Å². The SMILES string of the molecule is CN=C(NCC(c1ccc(OC)cc1)N1CCOCC1)N1CCC(OCCCOC)CC1.I. The summed E-state index contributed by atoms with van der Waals surface area (Å²) in [5.41, 5.74) is 1.28. The maximum atomic E-state index is 6.01. The van der Waals surface area contributed by atoms with Crippen LogP contribution in [0.4, 0.5) is 0 Å². The summed E-state index contributed by atoms with van der Waals surface area (Å²) < 4.78 is 22.0. The smallest absolute Gasteiger partial charge is 0.193 e. The van der Waals surface area contributed by atoms with Crippen molar-refractivity contribution < 1.29 is 18.9 Å². The standard InChI is InChI=1S/C24H40N4O4.HI/c1-25-24(28-11-9-22(10-12-28)32-16-4-15-29-2)26-19-23(27-13-17-31-18-14-27)20-5-7-21(30-3)8-6-20;/h5-8,22-23H,4,9-19H2,1-3H3,(H,25,26);1H. The minimum atomic E-state index is 0. The lowest BCUT2D eigenvalue weighted by Crippen LogP contribution is -2.50. The van der Waals surface area contributed by atoms with Crippen molar-refractivity contribution in [2.75, 3.05) is 80.4 Å². The number of guanidine groups is 1. The Morgan fingerprint density at radius 3 is 2.39 bits per heavy atom. The summed E-state index contributed by atoms with van der Waals surface area (Å²) in [5, 5.41) is 3.64. The Bertz CT molecular complexity index is 678. The summed E-state index contributed by atoms with van der Waals surface area (Å²) in [6.45, 7) is 7.66. The molecule has 1 N–H and O–H groups in total. The molecule has 2 fully saturated rings. The lowest BCUT2D eigenvalue weighted by Gasteiger charge is -2.37. The molecule has 0 bridgehead atoms. The molecule has 8 nitrogen and oxygen atoms in total. The van der Waals surface area contributed by atoms with E-state index in [1.807, 2.05) is 19.2 Å². The van der Waals surface area contributed by atoms with Gasteiger partial charge in [0.1, 0.15) is 5.75 Å². The minimum absolute atomic E-state index is 0. The fourth-order valence-corrected chi connectivity index (χ4v) is 4.38. The molecule has 1 unspecified atom stereocenters. The van der Waals surface area contributed by atoms with Gasteiger partial charge >= 0.3 is 0 Å². The summed E-state index contributed by atoms with van der Waals surface area (Å²) in [4.78, 5) is 9.41. The van der Waals surface area contributed by atoms with Crippen LogP contribution in [0.2, 0.25) is 0 Å². The normalized spacial score (nSPS) is 19.1. The van der Waals surface area contributed by atoms with Gasteiger partial charge in [0.2, 0.25) is 0 Å². The summed E-state index contributed by atoms with van der Waals surface area (Å²) >= 11 is 0. The third kappa shape index (κ3) is 8.86. The molecule has 2 aliphatic rings. The zero-order chi connectivity index (χ0) is 22.6. The second-order valence-corrected chi connectivity index (χ2v) is 8.27. The summed E-state index contributed by atoms with van der Waals surface area (Å²) in [6.07, 6.45) is 3.34. The molecule has 2 heterocycles. The van der Waals surface area contributed by atoms with Crippen LogP contribution in [0.1, 0.15) is 30.9 Å². The van der Waals surface area contributed by atoms with Gasteiger partial charge in [0.15, 0.2) is 5.96 Å². The van der Waals surface area contributed by atoms with E-state index in [9.17, 15) is 0 Å². The molecule has 0 aliphatic carbocycles. The topological polar surface area (TPSA) is 67.8 Å². The van der Waals surface area contributed by atoms with Crippen LogP contribution in [0, 0.1) is 0 Å². The van der Waals surface area contributed by atoms with Crippen LogP contribution in [-0.4, -0.2) is 102 Å². The van der Waals surface area contributed by atoms with Gasteiger partial charge in [0, 0.05) is 60.1 Å². The van der Waals surface area contributed by atoms with Crippen LogP contribution in [-0.2, 0) is 14.2 Å². The zero-order valence-corrected chi connectivity index (χ0v) is 22.7. The number of hydrogen-bond acceptors (Lipinski definition) is 6. The number of nitrogens with one attached hydrogen (secondary N) is 1. The first-order valence-corrected chi connectivity index (χ1v) is 11.8. The predicted molar refractivity (Wildman–Crippen MR) is 142 cm³/mol. The number of ether oxygens (including phenoxy) is 4. The first-order chi connectivity index (χ1) is 15.7. The van der Waals surface area contributed by atoms with E-state index in [0.717, 1.165) is 90.1 Å². The summed E-state index contributed by atoms with van der Waals surface area (Å²) in [5.74, 6) is 1.85. The molecule has 0 radical (unpaired) electrons. The van der Waals surface area contributed by atoms with Gasteiger partial charge in [-0.05, 0) is 37.0 Å². The highest BCUT2D eigenvalue weighted by Crippen LogP contribution is 2.24. The maximum Gasteiger partial charge on any atom is 0.193 e. The second kappa shape index (κ2) is 15.7. The summed E-state index contributed by atoms with van der Waals surface area (Å²) in [6, 6.07) is 8.65. The third-order valence-corrected chi connectivity index (χ3v) is 6.24. The van der Waals surface area contributed by atoms with Crippen molar-refractivity contribution in [3.05, 3.63) is 29.8 Å². The zero-order valence-electron chi connectivity index (χ0n) is 20.3. The quantitative estimate of drug-likeness (QED) is 0.199. The van der Waals surface area contributed by atoms with E-state index in [-0.39, 0.29) is 30.0 Å². The highest BCUT2D eigenvalue weighted by molar-refractivity contribution is 14.0. The molecular formula is C24H41IN4O4. The van der Waals surface area contributed by atoms with E-state index in [4.69, 9.17) is 18.9 Å². The van der Waals surface area contributed by atoms with Crippen molar-refractivity contribution >= 4 is 29.9 Å². The lowest BCUT2D eigenvalue weighted by atomic mass is 10.0. The van der Waals surface area contributed by atoms with Gasteiger partial charge in [0.25, 0.3) is 0 Å². The molecule has 0 amide bonds. The van der Waals surface area contributed by atoms with Crippen LogP contribution in [0.25, 0.3) is 0 Å². The van der Waals surface area contributed by atoms with Crippen LogP contribution < -0.4 is 10.1 Å². The van der Waals surface area contributed by atoms with E-state index >= 15 is 0 Å². The molecule has 33 heavy (non-hydrogen) atoms. The molecule has 9 heteroatoms. The van der Waals surface area contributed by atoms with E-state index in [1.54, 1.807) is 14.2 Å². The molecule has 0 spiro atoms. The average molecular weight is 577 g/mol. The molecule has 2 aliphatic heterocycles. The highest BCUT2D eigenvalue weighted by Gasteiger charge is 2.25. The highest BCUT2D eigenvalue weighted by atomic mass is 127. The molecule has 0 aromatic heterocycles. The van der Waals surface area contributed by atoms with E-state index < -0.39 is 0 Å². The van der Waals surface area contributed by atoms with Crippen LogP contribution in [0.5, 0.6) is 5.75 Å². The number of likely N-dealkylation sites (tertiary alicyclic amines) is 1. The van der Waals surface area contributed by atoms with Gasteiger partial charge in [-0.3, -0.25) is 9.89 Å². The van der Waals surface area contributed by atoms with E-state index in [2.05, 4.69) is 32.2 Å². The Hall–Kier alpha value is -1.14. The molecule has 1 atom stereocenters. The molecule has 0 saturated carbocycles. The average Bonchev–Trinajstić information content (AvgIpc) is 2.86. The Labute approximate surface area is 216 Å². The molecule has 1 aromatic carbocycles. The van der Waals surface area contributed by atoms with E-state index in [1.165, 1.54) is 5.56 Å². The lowest BCUT2D eigenvalue weighted by molar-refractivity contribution is 0.00928. The Morgan fingerprint density at radius 2 is 1.79 bits per heavy atom. The number of methoxy groups -OCH3 is 2. The van der Waals surface area contributed by atoms with Crippen LogP contribution in [0.15, 0.2) is 29.3 Å². The van der Waals surface area contributed by atoms with Gasteiger partial charge in [-0.15, -0.1) is 24.0 Å². The van der Waals surface area contributed by atoms with Crippen molar-refractivity contribution in [3.8, 4) is 5.75 Å². The number of rotatable bonds is 10. The van der Waals surface area contributed by atoms with Gasteiger partial charge in [0.05, 0.1) is 32.5 Å². The second-order valence-electron chi connectivity index (χ2n) is 8.27. The summed E-state index contributed by atoms with van der Waals surface area (Å²) in [7, 11) is 5.30. The van der Waals surface area contributed by atoms with Gasteiger partial charge in [-0.25, -0.2) is 0 Å². The Kier molecular flexibility index (Phi) is 13.4. The predicted octanol–water partition coefficient (Wildman–Crippen LogP) is 2.78. The monoisotopic (exact) mass is 576 g/mol. The number of nitrogens with zero attached hydrogens (tertiary/aromatic N) is 3. The van der Waals surface area contributed by atoms with Crippen molar-refractivity contribution in [1.82, 2.24) is 15.1 Å². The number of benzene rings is 1. The van der Waals surface area contributed by atoms with Gasteiger partial charge < -0.3 is 29.2 Å². The van der Waals surface area contributed by atoms with Gasteiger partial charge in [-0.2, -0.15) is 0 Å². The van der Waals surface area contributed by atoms with Crippen LogP contribution >= 0.6 is 24.0 Å². The largest absolute Gasteiger partial charge is 0.497 e. The maximum absolute atomic E-state index is 6.01. The number of hydrogen-bond donors (Lipinski definition) is 1. The van der Waals surface area contributed by atoms with Crippen molar-refractivity contribution in [3.63, 3.8) is 0 Å². The number of halogens is 1. The fourth-order valence-electron chi connectivity index (χ4n) is 4.38. The molecule has 2 saturated heterocycles. The molecule has 188 valence electrons. The number of piperidine rings is 1. The third-order valence-electron chi connectivity index (χ3n) is 6.24. The van der Waals surface area contributed by atoms with Crippen molar-refractivity contribution in [2.24, 2.45) is 4.99 Å². The fraction of sp³-hybridized carbons (Fsp3) is 0.708. The Balaban J connectivity index is 0.00000385.